The summed E-state index contributed by atoms with van der Waals surface area (Å²) in [7, 11) is 0. The molecule has 2 aromatic carbocycles. The summed E-state index contributed by atoms with van der Waals surface area (Å²) < 4.78 is 0.480. The Bertz CT molecular complexity index is 760. The standard InChI is InChI=1S/C17H16ClN3O2S2/c18-13-5-7-14(8-6-13)20-17(22)23-21-15(19)11-1-3-12(4-2-11)16-24-9-10-25-16/h1-8,16H,9-10H2,(H2,19,21)(H,20,22). The van der Waals surface area contributed by atoms with E-state index in [-0.39, 0.29) is 5.84 Å². The molecule has 2 aromatic rings. The van der Waals surface area contributed by atoms with Gasteiger partial charge in [0.05, 0.1) is 4.58 Å². The number of halogens is 1. The number of nitrogens with one attached hydrogen (secondary N) is 1. The van der Waals surface area contributed by atoms with Gasteiger partial charge in [0.1, 0.15) is 0 Å². The zero-order valence-electron chi connectivity index (χ0n) is 13.1. The lowest BCUT2D eigenvalue weighted by Crippen LogP contribution is -2.17. The van der Waals surface area contributed by atoms with Crippen molar-refractivity contribution < 1.29 is 9.63 Å². The highest BCUT2D eigenvalue weighted by molar-refractivity contribution is 8.19. The van der Waals surface area contributed by atoms with Gasteiger partial charge in [0.2, 0.25) is 0 Å². The van der Waals surface area contributed by atoms with Crippen molar-refractivity contribution in [2.75, 3.05) is 16.8 Å². The first kappa shape index (κ1) is 18.0. The van der Waals surface area contributed by atoms with Crippen molar-refractivity contribution in [2.45, 2.75) is 4.58 Å². The molecule has 0 radical (unpaired) electrons. The van der Waals surface area contributed by atoms with E-state index in [9.17, 15) is 4.79 Å². The van der Waals surface area contributed by atoms with Crippen molar-refractivity contribution in [3.8, 4) is 0 Å². The first-order valence-corrected chi connectivity index (χ1v) is 10.00. The fourth-order valence-electron chi connectivity index (χ4n) is 2.18. The van der Waals surface area contributed by atoms with Crippen LogP contribution in [-0.2, 0) is 4.84 Å². The Labute approximate surface area is 159 Å². The van der Waals surface area contributed by atoms with E-state index in [1.54, 1.807) is 24.3 Å². The molecular formula is C17H16ClN3O2S2. The van der Waals surface area contributed by atoms with Crippen LogP contribution < -0.4 is 11.1 Å². The molecular weight excluding hydrogens is 378 g/mol. The molecule has 1 aliphatic rings. The smallest absolute Gasteiger partial charge is 0.380 e. The summed E-state index contributed by atoms with van der Waals surface area (Å²) in [5.74, 6) is 2.50. The van der Waals surface area contributed by atoms with Crippen LogP contribution in [-0.4, -0.2) is 23.4 Å². The average Bonchev–Trinajstić information content (AvgIpc) is 3.16. The summed E-state index contributed by atoms with van der Waals surface area (Å²) in [4.78, 5) is 16.5. The fraction of sp³-hybridized carbons (Fsp3) is 0.176. The SMILES string of the molecule is NC(=NOC(=O)Nc1ccc(Cl)cc1)c1ccc(C2SCCS2)cc1. The minimum atomic E-state index is -0.722. The fourth-order valence-corrected chi connectivity index (χ4v) is 5.16. The molecule has 8 heteroatoms. The van der Waals surface area contributed by atoms with Gasteiger partial charge in [0.25, 0.3) is 0 Å². The minimum absolute atomic E-state index is 0.143. The molecule has 0 saturated carbocycles. The number of nitrogens with zero attached hydrogens (tertiary/aromatic N) is 1. The summed E-state index contributed by atoms with van der Waals surface area (Å²) in [5, 5.41) is 6.80. The number of thioether (sulfide) groups is 2. The number of carbonyl (C=O) groups excluding carboxylic acids is 1. The van der Waals surface area contributed by atoms with Gasteiger partial charge in [-0.25, -0.2) is 4.79 Å². The van der Waals surface area contributed by atoms with Crippen LogP contribution in [0.5, 0.6) is 0 Å². The van der Waals surface area contributed by atoms with E-state index in [0.29, 0.717) is 20.9 Å². The molecule has 5 nitrogen and oxygen atoms in total. The van der Waals surface area contributed by atoms with Gasteiger partial charge in [-0.2, -0.15) is 0 Å². The molecule has 130 valence electrons. The van der Waals surface area contributed by atoms with Crippen LogP contribution in [0.4, 0.5) is 10.5 Å². The van der Waals surface area contributed by atoms with Gasteiger partial charge in [0.15, 0.2) is 5.84 Å². The zero-order chi connectivity index (χ0) is 17.6. The lowest BCUT2D eigenvalue weighted by molar-refractivity contribution is 0.166. The van der Waals surface area contributed by atoms with E-state index < -0.39 is 6.09 Å². The molecule has 0 atom stereocenters. The number of benzene rings is 2. The topological polar surface area (TPSA) is 76.7 Å². The largest absolute Gasteiger partial charge is 0.437 e. The van der Waals surface area contributed by atoms with Crippen molar-refractivity contribution in [3.05, 3.63) is 64.7 Å². The summed E-state index contributed by atoms with van der Waals surface area (Å²) >= 11 is 9.67. The monoisotopic (exact) mass is 393 g/mol. The van der Waals surface area contributed by atoms with Crippen LogP contribution >= 0.6 is 35.1 Å². The summed E-state index contributed by atoms with van der Waals surface area (Å²) in [6.45, 7) is 0. The van der Waals surface area contributed by atoms with Crippen molar-refractivity contribution in [2.24, 2.45) is 10.9 Å². The van der Waals surface area contributed by atoms with Crippen LogP contribution in [0.25, 0.3) is 0 Å². The van der Waals surface area contributed by atoms with Gasteiger partial charge in [-0.1, -0.05) is 41.0 Å². The lowest BCUT2D eigenvalue weighted by Gasteiger charge is -2.09. The van der Waals surface area contributed by atoms with Crippen molar-refractivity contribution >= 4 is 52.7 Å². The number of amides is 1. The molecule has 0 aromatic heterocycles. The molecule has 1 amide bonds. The molecule has 25 heavy (non-hydrogen) atoms. The van der Waals surface area contributed by atoms with Gasteiger partial charge >= 0.3 is 6.09 Å². The maximum atomic E-state index is 11.7. The zero-order valence-corrected chi connectivity index (χ0v) is 15.5. The molecule has 0 spiro atoms. The highest BCUT2D eigenvalue weighted by atomic mass is 35.5. The van der Waals surface area contributed by atoms with E-state index in [1.165, 1.54) is 17.1 Å². The van der Waals surface area contributed by atoms with Gasteiger partial charge in [-0.05, 0) is 29.8 Å². The quantitative estimate of drug-likeness (QED) is 0.341. The maximum absolute atomic E-state index is 11.7. The first-order chi connectivity index (χ1) is 12.1. The average molecular weight is 394 g/mol. The van der Waals surface area contributed by atoms with Crippen LogP contribution in [0.3, 0.4) is 0 Å². The molecule has 1 aliphatic heterocycles. The molecule has 1 fully saturated rings. The first-order valence-electron chi connectivity index (χ1n) is 7.52. The summed E-state index contributed by atoms with van der Waals surface area (Å²) in [5.41, 5.74) is 8.39. The third-order valence-electron chi connectivity index (χ3n) is 3.42. The number of amidine groups is 1. The molecule has 0 bridgehead atoms. The van der Waals surface area contributed by atoms with Crippen molar-refractivity contribution in [1.29, 1.82) is 0 Å². The van der Waals surface area contributed by atoms with E-state index in [4.69, 9.17) is 22.2 Å². The number of anilines is 1. The van der Waals surface area contributed by atoms with Crippen molar-refractivity contribution in [3.63, 3.8) is 0 Å². The van der Waals surface area contributed by atoms with E-state index in [1.807, 2.05) is 47.8 Å². The normalized spacial score (nSPS) is 15.2. The molecule has 0 unspecified atom stereocenters. The molecule has 0 aliphatic carbocycles. The second-order valence-electron chi connectivity index (χ2n) is 5.18. The van der Waals surface area contributed by atoms with Gasteiger partial charge in [-0.3, -0.25) is 10.2 Å². The Morgan fingerprint density at radius 3 is 2.40 bits per heavy atom. The number of oxime groups is 1. The highest BCUT2D eigenvalue weighted by Gasteiger charge is 2.18. The Kier molecular flexibility index (Phi) is 6.12. The van der Waals surface area contributed by atoms with Crippen LogP contribution in [0.2, 0.25) is 5.02 Å². The predicted molar refractivity (Wildman–Crippen MR) is 106 cm³/mol. The van der Waals surface area contributed by atoms with Crippen LogP contribution in [0.15, 0.2) is 53.7 Å². The van der Waals surface area contributed by atoms with E-state index in [0.717, 1.165) is 0 Å². The van der Waals surface area contributed by atoms with Gasteiger partial charge in [-0.15, -0.1) is 23.5 Å². The Morgan fingerprint density at radius 2 is 1.76 bits per heavy atom. The Balaban J connectivity index is 1.57. The number of rotatable bonds is 4. The number of hydrogen-bond acceptors (Lipinski definition) is 5. The Morgan fingerprint density at radius 1 is 1.12 bits per heavy atom. The van der Waals surface area contributed by atoms with E-state index >= 15 is 0 Å². The number of nitrogens with two attached hydrogens (primary N) is 1. The third-order valence-corrected chi connectivity index (χ3v) is 6.77. The van der Waals surface area contributed by atoms with Gasteiger partial charge < -0.3 is 5.73 Å². The predicted octanol–water partition coefficient (Wildman–Crippen LogP) is 4.69. The maximum Gasteiger partial charge on any atom is 0.437 e. The second kappa shape index (κ2) is 8.51. The molecule has 3 rings (SSSR count). The molecule has 1 heterocycles. The summed E-state index contributed by atoms with van der Waals surface area (Å²) in [6.07, 6.45) is -0.722. The lowest BCUT2D eigenvalue weighted by atomic mass is 10.1. The Hall–Kier alpha value is -1.83. The molecule has 3 N–H and O–H groups in total. The van der Waals surface area contributed by atoms with Crippen LogP contribution in [0.1, 0.15) is 15.7 Å². The third kappa shape index (κ3) is 5.07. The number of carbonyl (C=O) groups is 1. The van der Waals surface area contributed by atoms with Gasteiger partial charge in [0, 0.05) is 27.8 Å². The number of hydrogen-bond donors (Lipinski definition) is 2. The molecule has 1 saturated heterocycles. The van der Waals surface area contributed by atoms with Crippen LogP contribution in [0, 0.1) is 0 Å². The minimum Gasteiger partial charge on any atom is -0.380 e. The second-order valence-corrected chi connectivity index (χ2v) is 8.34. The highest BCUT2D eigenvalue weighted by Crippen LogP contribution is 2.45. The summed E-state index contributed by atoms with van der Waals surface area (Å²) in [6, 6.07) is 14.5. The van der Waals surface area contributed by atoms with Crippen molar-refractivity contribution in [1.82, 2.24) is 0 Å². The van der Waals surface area contributed by atoms with E-state index in [2.05, 4.69) is 10.5 Å².